The van der Waals surface area contributed by atoms with Crippen LogP contribution in [0.25, 0.3) is 5.69 Å². The first kappa shape index (κ1) is 9.15. The number of carboxylic acid groups (broad SMARTS) is 1. The molecule has 0 aliphatic carbocycles. The highest BCUT2D eigenvalue weighted by Gasteiger charge is 2.22. The molecule has 0 amide bonds. The van der Waals surface area contributed by atoms with Gasteiger partial charge < -0.3 is 9.67 Å². The van der Waals surface area contributed by atoms with Gasteiger partial charge in [0.25, 0.3) is 0 Å². The Bertz CT molecular complexity index is 572. The third-order valence-corrected chi connectivity index (χ3v) is 2.95. The zero-order valence-electron chi connectivity index (χ0n) is 8.55. The standard InChI is InChI=1S/C12H10N2O2/c15-12(16)11-10-6-5-8-3-1-2-4-9(8)14(10)7-13-11/h1-4,7H,5-6H2,(H,15,16). The highest BCUT2D eigenvalue weighted by atomic mass is 16.4. The molecule has 0 saturated carbocycles. The van der Waals surface area contributed by atoms with Crippen LogP contribution in [0.5, 0.6) is 0 Å². The summed E-state index contributed by atoms with van der Waals surface area (Å²) in [5, 5.41) is 9.00. The Hall–Kier alpha value is -2.10. The molecule has 0 bridgehead atoms. The molecule has 4 heteroatoms. The molecule has 1 aliphatic heterocycles. The molecule has 3 rings (SSSR count). The number of rotatable bonds is 1. The van der Waals surface area contributed by atoms with Crippen LogP contribution in [0.2, 0.25) is 0 Å². The second-order valence-electron chi connectivity index (χ2n) is 3.84. The summed E-state index contributed by atoms with van der Waals surface area (Å²) >= 11 is 0. The molecule has 2 aromatic rings. The predicted molar refractivity (Wildman–Crippen MR) is 57.9 cm³/mol. The van der Waals surface area contributed by atoms with Gasteiger partial charge in [-0.1, -0.05) is 18.2 Å². The highest BCUT2D eigenvalue weighted by molar-refractivity contribution is 5.87. The van der Waals surface area contributed by atoms with Gasteiger partial charge in [0.15, 0.2) is 5.69 Å². The first-order chi connectivity index (χ1) is 7.77. The first-order valence-electron chi connectivity index (χ1n) is 5.15. The molecule has 0 radical (unpaired) electrons. The summed E-state index contributed by atoms with van der Waals surface area (Å²) in [6.07, 6.45) is 3.21. The largest absolute Gasteiger partial charge is 0.476 e. The van der Waals surface area contributed by atoms with Crippen molar-refractivity contribution in [2.45, 2.75) is 12.8 Å². The Balaban J connectivity index is 2.23. The third kappa shape index (κ3) is 1.16. The monoisotopic (exact) mass is 214 g/mol. The van der Waals surface area contributed by atoms with Gasteiger partial charge in [0.2, 0.25) is 0 Å². The van der Waals surface area contributed by atoms with Crippen molar-refractivity contribution in [2.24, 2.45) is 0 Å². The lowest BCUT2D eigenvalue weighted by Gasteiger charge is -2.18. The molecule has 1 aromatic heterocycles. The van der Waals surface area contributed by atoms with Crippen molar-refractivity contribution in [3.63, 3.8) is 0 Å². The van der Waals surface area contributed by atoms with E-state index in [1.54, 1.807) is 6.33 Å². The van der Waals surface area contributed by atoms with Crippen molar-refractivity contribution in [2.75, 3.05) is 0 Å². The van der Waals surface area contributed by atoms with Crippen LogP contribution in [0.1, 0.15) is 21.7 Å². The molecule has 0 fully saturated rings. The maximum atomic E-state index is 11.0. The van der Waals surface area contributed by atoms with Gasteiger partial charge in [-0.05, 0) is 24.5 Å². The van der Waals surface area contributed by atoms with Gasteiger partial charge in [0, 0.05) is 5.69 Å². The van der Waals surface area contributed by atoms with Crippen LogP contribution >= 0.6 is 0 Å². The Morgan fingerprint density at radius 1 is 1.31 bits per heavy atom. The maximum absolute atomic E-state index is 11.0. The summed E-state index contributed by atoms with van der Waals surface area (Å²) < 4.78 is 1.88. The molecular formula is C12H10N2O2. The number of imidazole rings is 1. The van der Waals surface area contributed by atoms with Crippen LogP contribution in [-0.4, -0.2) is 20.6 Å². The van der Waals surface area contributed by atoms with E-state index in [4.69, 9.17) is 5.11 Å². The second kappa shape index (κ2) is 3.20. The number of nitrogens with zero attached hydrogens (tertiary/aromatic N) is 2. The SMILES string of the molecule is O=C(O)c1ncn2c1CCc1ccccc1-2. The lowest BCUT2D eigenvalue weighted by atomic mass is 10.0. The van der Waals surface area contributed by atoms with E-state index in [1.807, 2.05) is 22.8 Å². The van der Waals surface area contributed by atoms with E-state index in [1.165, 1.54) is 5.56 Å². The van der Waals surface area contributed by atoms with Crippen LogP contribution in [-0.2, 0) is 12.8 Å². The number of aryl methyl sites for hydroxylation is 1. The van der Waals surface area contributed by atoms with Gasteiger partial charge in [-0.2, -0.15) is 0 Å². The summed E-state index contributed by atoms with van der Waals surface area (Å²) in [6, 6.07) is 8.01. The zero-order valence-corrected chi connectivity index (χ0v) is 8.55. The smallest absolute Gasteiger partial charge is 0.356 e. The first-order valence-corrected chi connectivity index (χ1v) is 5.15. The number of benzene rings is 1. The predicted octanol–water partition coefficient (Wildman–Crippen LogP) is 1.67. The quantitative estimate of drug-likeness (QED) is 0.785. The topological polar surface area (TPSA) is 55.1 Å². The molecule has 2 heterocycles. The summed E-state index contributed by atoms with van der Waals surface area (Å²) in [7, 11) is 0. The molecule has 1 aromatic carbocycles. The van der Waals surface area contributed by atoms with Crippen LogP contribution in [0, 0.1) is 0 Å². The zero-order chi connectivity index (χ0) is 11.1. The van der Waals surface area contributed by atoms with Crippen LogP contribution in [0.15, 0.2) is 30.6 Å². The van der Waals surface area contributed by atoms with Gasteiger partial charge in [-0.3, -0.25) is 0 Å². The maximum Gasteiger partial charge on any atom is 0.356 e. The van der Waals surface area contributed by atoms with E-state index >= 15 is 0 Å². The van der Waals surface area contributed by atoms with Crippen molar-refractivity contribution in [1.82, 2.24) is 9.55 Å². The average molecular weight is 214 g/mol. The Kier molecular flexibility index (Phi) is 1.83. The van der Waals surface area contributed by atoms with Gasteiger partial charge >= 0.3 is 5.97 Å². The molecule has 1 N–H and O–H groups in total. The second-order valence-corrected chi connectivity index (χ2v) is 3.84. The van der Waals surface area contributed by atoms with E-state index in [2.05, 4.69) is 11.1 Å². The number of carbonyl (C=O) groups is 1. The third-order valence-electron chi connectivity index (χ3n) is 2.95. The Labute approximate surface area is 92.2 Å². The van der Waals surface area contributed by atoms with E-state index in [0.717, 1.165) is 24.2 Å². The van der Waals surface area contributed by atoms with Gasteiger partial charge in [-0.25, -0.2) is 9.78 Å². The molecule has 80 valence electrons. The van der Waals surface area contributed by atoms with Gasteiger partial charge in [0.1, 0.15) is 6.33 Å². The number of aromatic carboxylic acids is 1. The highest BCUT2D eigenvalue weighted by Crippen LogP contribution is 2.25. The normalized spacial score (nSPS) is 13.0. The number of aromatic nitrogens is 2. The van der Waals surface area contributed by atoms with E-state index in [0.29, 0.717) is 0 Å². The molecule has 0 unspecified atom stereocenters. The molecule has 0 saturated heterocycles. The van der Waals surface area contributed by atoms with E-state index < -0.39 is 5.97 Å². The minimum atomic E-state index is -0.951. The van der Waals surface area contributed by atoms with Crippen molar-refractivity contribution < 1.29 is 9.90 Å². The average Bonchev–Trinajstić information content (AvgIpc) is 2.73. The van der Waals surface area contributed by atoms with Crippen LogP contribution in [0.3, 0.4) is 0 Å². The van der Waals surface area contributed by atoms with Crippen molar-refractivity contribution in [3.05, 3.63) is 47.5 Å². The molecule has 16 heavy (non-hydrogen) atoms. The van der Waals surface area contributed by atoms with Gasteiger partial charge in [0.05, 0.1) is 5.69 Å². The lowest BCUT2D eigenvalue weighted by molar-refractivity contribution is 0.0689. The number of carboxylic acids is 1. The summed E-state index contributed by atoms with van der Waals surface area (Å²) in [6.45, 7) is 0. The minimum absolute atomic E-state index is 0.175. The number of hydrogen-bond donors (Lipinski definition) is 1. The molecule has 1 aliphatic rings. The summed E-state index contributed by atoms with van der Waals surface area (Å²) in [5.74, 6) is -0.951. The molecule has 0 spiro atoms. The molecule has 0 atom stereocenters. The summed E-state index contributed by atoms with van der Waals surface area (Å²) in [4.78, 5) is 14.9. The number of fused-ring (bicyclic) bond motifs is 3. The van der Waals surface area contributed by atoms with Crippen molar-refractivity contribution >= 4 is 5.97 Å². The fourth-order valence-corrected chi connectivity index (χ4v) is 2.21. The van der Waals surface area contributed by atoms with Crippen LogP contribution in [0.4, 0.5) is 0 Å². The Morgan fingerprint density at radius 2 is 2.12 bits per heavy atom. The summed E-state index contributed by atoms with van der Waals surface area (Å²) in [5.41, 5.74) is 3.26. The fourth-order valence-electron chi connectivity index (χ4n) is 2.21. The number of hydrogen-bond acceptors (Lipinski definition) is 2. The van der Waals surface area contributed by atoms with Crippen molar-refractivity contribution in [1.29, 1.82) is 0 Å². The minimum Gasteiger partial charge on any atom is -0.476 e. The van der Waals surface area contributed by atoms with Crippen LogP contribution < -0.4 is 0 Å². The fraction of sp³-hybridized carbons (Fsp3) is 0.167. The Morgan fingerprint density at radius 3 is 2.94 bits per heavy atom. The lowest BCUT2D eigenvalue weighted by Crippen LogP contribution is -2.13. The molecular weight excluding hydrogens is 204 g/mol. The number of para-hydroxylation sites is 1. The van der Waals surface area contributed by atoms with Gasteiger partial charge in [-0.15, -0.1) is 0 Å². The van der Waals surface area contributed by atoms with E-state index in [-0.39, 0.29) is 5.69 Å². The van der Waals surface area contributed by atoms with E-state index in [9.17, 15) is 4.79 Å². The molecule has 4 nitrogen and oxygen atoms in total. The van der Waals surface area contributed by atoms with Crippen molar-refractivity contribution in [3.8, 4) is 5.69 Å².